The molecule has 130 valence electrons. The summed E-state index contributed by atoms with van der Waals surface area (Å²) < 4.78 is 18.9. The van der Waals surface area contributed by atoms with Gasteiger partial charge in [-0.2, -0.15) is 0 Å². The zero-order chi connectivity index (χ0) is 17.8. The number of halogens is 1. The molecule has 0 fully saturated rings. The number of ether oxygens (including phenoxy) is 1. The molecule has 0 aliphatic carbocycles. The summed E-state index contributed by atoms with van der Waals surface area (Å²) in [6, 6.07) is 11.5. The van der Waals surface area contributed by atoms with Crippen molar-refractivity contribution in [3.8, 4) is 5.75 Å². The highest BCUT2D eigenvalue weighted by Gasteiger charge is 2.18. The Balaban J connectivity index is 1.59. The minimum absolute atomic E-state index is 0.00586. The van der Waals surface area contributed by atoms with Crippen LogP contribution in [0.1, 0.15) is 18.5 Å². The van der Waals surface area contributed by atoms with E-state index in [0.717, 1.165) is 17.3 Å². The fraction of sp³-hybridized carbons (Fsp3) is 0.222. The van der Waals surface area contributed by atoms with Crippen LogP contribution in [0.2, 0.25) is 0 Å². The summed E-state index contributed by atoms with van der Waals surface area (Å²) in [6.45, 7) is 1.85. The van der Waals surface area contributed by atoms with Crippen LogP contribution in [0.25, 0.3) is 0 Å². The number of anilines is 1. The molecular formula is C18H17FN2O3S. The van der Waals surface area contributed by atoms with Gasteiger partial charge in [-0.1, -0.05) is 18.2 Å². The number of thioether (sulfide) groups is 1. The van der Waals surface area contributed by atoms with Gasteiger partial charge in [-0.3, -0.25) is 9.59 Å². The smallest absolute Gasteiger partial charge is 0.262 e. The van der Waals surface area contributed by atoms with Gasteiger partial charge in [0, 0.05) is 4.90 Å². The SMILES string of the molecule is CC(NC(=O)CSc1ccccc1F)c1ccc2c(c1)NC(=O)CO2. The number of amides is 2. The van der Waals surface area contributed by atoms with Crippen molar-refractivity contribution in [3.63, 3.8) is 0 Å². The monoisotopic (exact) mass is 360 g/mol. The van der Waals surface area contributed by atoms with Crippen molar-refractivity contribution in [2.75, 3.05) is 17.7 Å². The van der Waals surface area contributed by atoms with Gasteiger partial charge in [0.2, 0.25) is 5.91 Å². The molecule has 1 atom stereocenters. The molecule has 2 aromatic carbocycles. The summed E-state index contributed by atoms with van der Waals surface area (Å²) in [6.07, 6.45) is 0. The Labute approximate surface area is 148 Å². The Kier molecular flexibility index (Phi) is 5.23. The third-order valence-corrected chi connectivity index (χ3v) is 4.76. The molecule has 2 aromatic rings. The van der Waals surface area contributed by atoms with Crippen molar-refractivity contribution in [3.05, 3.63) is 53.8 Å². The molecule has 25 heavy (non-hydrogen) atoms. The third-order valence-electron chi connectivity index (χ3n) is 3.71. The first kappa shape index (κ1) is 17.3. The van der Waals surface area contributed by atoms with Crippen LogP contribution in [0.15, 0.2) is 47.4 Å². The highest BCUT2D eigenvalue weighted by Crippen LogP contribution is 2.30. The summed E-state index contributed by atoms with van der Waals surface area (Å²) in [5.74, 6) is -0.00655. The normalized spacial score (nSPS) is 14.1. The molecule has 1 aliphatic rings. The minimum atomic E-state index is -0.334. The van der Waals surface area contributed by atoms with Crippen molar-refractivity contribution in [2.24, 2.45) is 0 Å². The fourth-order valence-corrected chi connectivity index (χ4v) is 3.19. The highest BCUT2D eigenvalue weighted by molar-refractivity contribution is 8.00. The van der Waals surface area contributed by atoms with E-state index in [9.17, 15) is 14.0 Å². The standard InChI is InChI=1S/C18H17FN2O3S/c1-11(12-6-7-15-14(8-12)21-17(22)9-24-15)20-18(23)10-25-16-5-3-2-4-13(16)19/h2-8,11H,9-10H2,1H3,(H,20,23)(H,21,22). The number of fused-ring (bicyclic) bond motifs is 1. The number of hydrogen-bond acceptors (Lipinski definition) is 4. The van der Waals surface area contributed by atoms with Crippen LogP contribution in [0.4, 0.5) is 10.1 Å². The molecule has 0 spiro atoms. The first-order valence-corrected chi connectivity index (χ1v) is 8.75. The van der Waals surface area contributed by atoms with Crippen LogP contribution in [-0.2, 0) is 9.59 Å². The average Bonchev–Trinajstić information content (AvgIpc) is 2.60. The molecule has 1 unspecified atom stereocenters. The molecule has 1 aliphatic heterocycles. The molecule has 0 saturated carbocycles. The van der Waals surface area contributed by atoms with Crippen molar-refractivity contribution < 1.29 is 18.7 Å². The summed E-state index contributed by atoms with van der Waals surface area (Å²) in [5, 5.41) is 5.61. The molecule has 7 heteroatoms. The lowest BCUT2D eigenvalue weighted by molar-refractivity contribution is -0.119. The van der Waals surface area contributed by atoms with Gasteiger partial charge in [0.05, 0.1) is 17.5 Å². The maximum Gasteiger partial charge on any atom is 0.262 e. The number of hydrogen-bond donors (Lipinski definition) is 2. The lowest BCUT2D eigenvalue weighted by Crippen LogP contribution is -2.29. The van der Waals surface area contributed by atoms with E-state index in [1.165, 1.54) is 6.07 Å². The molecule has 0 aromatic heterocycles. The molecular weight excluding hydrogens is 343 g/mol. The Bertz CT molecular complexity index is 813. The Morgan fingerprint density at radius 3 is 2.96 bits per heavy atom. The Morgan fingerprint density at radius 1 is 1.36 bits per heavy atom. The van der Waals surface area contributed by atoms with E-state index < -0.39 is 0 Å². The van der Waals surface area contributed by atoms with E-state index in [2.05, 4.69) is 10.6 Å². The summed E-state index contributed by atoms with van der Waals surface area (Å²) in [5.41, 5.74) is 1.43. The lowest BCUT2D eigenvalue weighted by atomic mass is 10.1. The zero-order valence-electron chi connectivity index (χ0n) is 13.5. The van der Waals surface area contributed by atoms with E-state index in [0.29, 0.717) is 16.3 Å². The van der Waals surface area contributed by atoms with Gasteiger partial charge in [0.25, 0.3) is 5.91 Å². The van der Waals surface area contributed by atoms with Gasteiger partial charge < -0.3 is 15.4 Å². The highest BCUT2D eigenvalue weighted by atomic mass is 32.2. The molecule has 2 N–H and O–H groups in total. The predicted octanol–water partition coefficient (Wildman–Crippen LogP) is 3.13. The van der Waals surface area contributed by atoms with Crippen molar-refractivity contribution in [1.29, 1.82) is 0 Å². The number of nitrogens with one attached hydrogen (secondary N) is 2. The van der Waals surface area contributed by atoms with Crippen molar-refractivity contribution >= 4 is 29.3 Å². The van der Waals surface area contributed by atoms with Crippen LogP contribution in [0.3, 0.4) is 0 Å². The molecule has 3 rings (SSSR count). The number of benzene rings is 2. The molecule has 2 amide bonds. The number of rotatable bonds is 5. The van der Waals surface area contributed by atoms with Crippen molar-refractivity contribution in [1.82, 2.24) is 5.32 Å². The largest absolute Gasteiger partial charge is 0.482 e. The Hall–Kier alpha value is -2.54. The van der Waals surface area contributed by atoms with Gasteiger partial charge in [-0.15, -0.1) is 11.8 Å². The maximum absolute atomic E-state index is 13.6. The molecule has 5 nitrogen and oxygen atoms in total. The minimum Gasteiger partial charge on any atom is -0.482 e. The summed E-state index contributed by atoms with van der Waals surface area (Å²) in [7, 11) is 0. The Morgan fingerprint density at radius 2 is 2.16 bits per heavy atom. The van der Waals surface area contributed by atoms with Crippen LogP contribution < -0.4 is 15.4 Å². The molecule has 0 bridgehead atoms. The number of carbonyl (C=O) groups excluding carboxylic acids is 2. The van der Waals surface area contributed by atoms with Gasteiger partial charge in [0.15, 0.2) is 6.61 Å². The van der Waals surface area contributed by atoms with Crippen LogP contribution in [0, 0.1) is 5.82 Å². The summed E-state index contributed by atoms with van der Waals surface area (Å²) >= 11 is 1.15. The third kappa shape index (κ3) is 4.30. The molecule has 0 radical (unpaired) electrons. The van der Waals surface area contributed by atoms with E-state index in [4.69, 9.17) is 4.74 Å². The maximum atomic E-state index is 13.6. The van der Waals surface area contributed by atoms with Crippen LogP contribution in [-0.4, -0.2) is 24.2 Å². The number of carbonyl (C=O) groups is 2. The topological polar surface area (TPSA) is 67.4 Å². The van der Waals surface area contributed by atoms with E-state index >= 15 is 0 Å². The van der Waals surface area contributed by atoms with Crippen LogP contribution >= 0.6 is 11.8 Å². The van der Waals surface area contributed by atoms with Crippen LogP contribution in [0.5, 0.6) is 5.75 Å². The quantitative estimate of drug-likeness (QED) is 0.804. The molecule has 1 heterocycles. The van der Waals surface area contributed by atoms with Gasteiger partial charge in [-0.05, 0) is 36.8 Å². The lowest BCUT2D eigenvalue weighted by Gasteiger charge is -2.21. The second kappa shape index (κ2) is 7.57. The first-order chi connectivity index (χ1) is 12.0. The second-order valence-corrected chi connectivity index (χ2v) is 6.62. The van der Waals surface area contributed by atoms with Gasteiger partial charge in [0.1, 0.15) is 11.6 Å². The molecule has 0 saturated heterocycles. The van der Waals surface area contributed by atoms with Crippen molar-refractivity contribution in [2.45, 2.75) is 17.9 Å². The summed E-state index contributed by atoms with van der Waals surface area (Å²) in [4.78, 5) is 23.9. The first-order valence-electron chi connectivity index (χ1n) is 7.76. The van der Waals surface area contributed by atoms with E-state index in [1.807, 2.05) is 13.0 Å². The van der Waals surface area contributed by atoms with Gasteiger partial charge in [-0.25, -0.2) is 4.39 Å². The predicted molar refractivity (Wildman–Crippen MR) is 94.2 cm³/mol. The van der Waals surface area contributed by atoms with E-state index in [-0.39, 0.29) is 36.0 Å². The van der Waals surface area contributed by atoms with Gasteiger partial charge >= 0.3 is 0 Å². The zero-order valence-corrected chi connectivity index (χ0v) is 14.4. The second-order valence-electron chi connectivity index (χ2n) is 5.60. The average molecular weight is 360 g/mol. The van der Waals surface area contributed by atoms with E-state index in [1.54, 1.807) is 30.3 Å². The fourth-order valence-electron chi connectivity index (χ4n) is 2.44.